The van der Waals surface area contributed by atoms with E-state index in [0.717, 1.165) is 0 Å². The van der Waals surface area contributed by atoms with Crippen LogP contribution in [0.5, 0.6) is 0 Å². The van der Waals surface area contributed by atoms with E-state index in [1.807, 2.05) is 0 Å². The quantitative estimate of drug-likeness (QED) is 0.383. The summed E-state index contributed by atoms with van der Waals surface area (Å²) in [5, 5.41) is 3.46. The molecular weight excluding hydrogens is 119 g/mol. The molecule has 0 aromatic carbocycles. The Bertz CT molecular complexity index is 56.9. The molecule has 0 aliphatic heterocycles. The Morgan fingerprint density at radius 2 is 2.29 bits per heavy atom. The van der Waals surface area contributed by atoms with Crippen LogP contribution in [-0.4, -0.2) is 19.5 Å². The number of carbonyl (C=O) groups excluding carboxylic acids is 1. The minimum Gasteiger partial charge on any atom is -0.657 e. The molecule has 0 saturated heterocycles. The van der Waals surface area contributed by atoms with Crippen molar-refractivity contribution < 1.29 is 56.2 Å². The smallest absolute Gasteiger partial charge is 0.657 e. The summed E-state index contributed by atoms with van der Waals surface area (Å²) in [6.45, 7) is 0.139. The first-order valence-corrected chi connectivity index (χ1v) is 1.61. The van der Waals surface area contributed by atoms with Gasteiger partial charge < -0.3 is 11.1 Å². The molecule has 0 rings (SSSR count). The topological polar surface area (TPSA) is 57.2 Å². The van der Waals surface area contributed by atoms with Gasteiger partial charge in [0.2, 0.25) is 0 Å². The predicted molar refractivity (Wildman–Crippen MR) is 23.3 cm³/mol. The van der Waals surface area contributed by atoms with Gasteiger partial charge >= 0.3 is 51.4 Å². The van der Waals surface area contributed by atoms with Crippen molar-refractivity contribution in [2.75, 3.05) is 13.6 Å². The van der Waals surface area contributed by atoms with E-state index in [4.69, 9.17) is 0 Å². The molecule has 0 heterocycles. The Labute approximate surface area is 85.4 Å². The second kappa shape index (κ2) is 7.07. The molecule has 0 bridgehead atoms. The van der Waals surface area contributed by atoms with Crippen molar-refractivity contribution in [2.45, 2.75) is 0 Å². The first kappa shape index (κ1) is 10.9. The summed E-state index contributed by atoms with van der Waals surface area (Å²) in [7, 11) is 1.55. The van der Waals surface area contributed by atoms with Gasteiger partial charge in [0.25, 0.3) is 0 Å². The summed E-state index contributed by atoms with van der Waals surface area (Å²) in [6.07, 6.45) is 0. The van der Waals surface area contributed by atoms with Gasteiger partial charge in [-0.15, -0.1) is 0 Å². The fraction of sp³-hybridized carbons (Fsp3) is 0.667. The summed E-state index contributed by atoms with van der Waals surface area (Å²) in [4.78, 5) is 9.73. The molecule has 36 valence electrons. The van der Waals surface area contributed by atoms with E-state index in [-0.39, 0.29) is 63.8 Å². The van der Waals surface area contributed by atoms with Crippen LogP contribution >= 0.6 is 0 Å². The standard InChI is InChI=1S/C3H7N2O.K/c1-5-2-3(4)6;/h2H2,1H3,(H2,4,6);/q-1;+1. The molecule has 4 heteroatoms. The van der Waals surface area contributed by atoms with E-state index in [9.17, 15) is 4.79 Å². The van der Waals surface area contributed by atoms with Gasteiger partial charge in [-0.1, -0.05) is 6.54 Å². The molecule has 0 atom stereocenters. The number of hydrogen-bond donors (Lipinski definition) is 1. The van der Waals surface area contributed by atoms with Crippen LogP contribution in [0.3, 0.4) is 0 Å². The summed E-state index contributed by atoms with van der Waals surface area (Å²) >= 11 is 0. The van der Waals surface area contributed by atoms with Gasteiger partial charge in [-0.2, -0.15) is 7.05 Å². The Hall–Kier alpha value is 1.07. The van der Waals surface area contributed by atoms with Crippen molar-refractivity contribution in [2.24, 2.45) is 5.73 Å². The average Bonchev–Trinajstić information content (AvgIpc) is 1.35. The van der Waals surface area contributed by atoms with Crippen molar-refractivity contribution >= 4 is 5.91 Å². The summed E-state index contributed by atoms with van der Waals surface area (Å²) in [5.74, 6) is -0.377. The molecule has 0 aliphatic rings. The molecule has 0 saturated carbocycles. The Kier molecular flexibility index (Phi) is 11.0. The summed E-state index contributed by atoms with van der Waals surface area (Å²) < 4.78 is 0. The van der Waals surface area contributed by atoms with E-state index in [1.54, 1.807) is 7.05 Å². The predicted octanol–water partition coefficient (Wildman–Crippen LogP) is -3.52. The summed E-state index contributed by atoms with van der Waals surface area (Å²) in [6, 6.07) is 0. The second-order valence-corrected chi connectivity index (χ2v) is 0.941. The van der Waals surface area contributed by atoms with E-state index < -0.39 is 0 Å². The van der Waals surface area contributed by atoms with Crippen molar-refractivity contribution in [3.05, 3.63) is 5.32 Å². The number of nitrogens with zero attached hydrogens (tertiary/aromatic N) is 1. The Morgan fingerprint density at radius 3 is 2.29 bits per heavy atom. The summed E-state index contributed by atoms with van der Waals surface area (Å²) in [5.41, 5.74) is 4.67. The third kappa shape index (κ3) is 11.0. The molecule has 0 unspecified atom stereocenters. The monoisotopic (exact) mass is 126 g/mol. The SMILES string of the molecule is C[N-]CC(N)=O.[K+]. The van der Waals surface area contributed by atoms with Crippen molar-refractivity contribution in [3.8, 4) is 0 Å². The maximum Gasteiger partial charge on any atom is 1.00 e. The van der Waals surface area contributed by atoms with Crippen LogP contribution in [0, 0.1) is 0 Å². The minimum absolute atomic E-state index is 0. The molecule has 3 nitrogen and oxygen atoms in total. The molecule has 0 spiro atoms. The third-order valence-electron chi connectivity index (χ3n) is 0.314. The van der Waals surface area contributed by atoms with Crippen molar-refractivity contribution in [1.29, 1.82) is 0 Å². The Balaban J connectivity index is 0. The molecule has 0 radical (unpaired) electrons. The number of likely N-dealkylation sites (N-methyl/N-ethyl adjacent to an activating group) is 1. The molecule has 2 N–H and O–H groups in total. The number of primary amides is 1. The van der Waals surface area contributed by atoms with E-state index in [1.165, 1.54) is 0 Å². The van der Waals surface area contributed by atoms with E-state index in [2.05, 4.69) is 11.1 Å². The van der Waals surface area contributed by atoms with E-state index >= 15 is 0 Å². The first-order valence-electron chi connectivity index (χ1n) is 1.61. The molecular formula is C3H7KN2O. The van der Waals surface area contributed by atoms with Crippen molar-refractivity contribution in [1.82, 2.24) is 0 Å². The van der Waals surface area contributed by atoms with Crippen LogP contribution in [0.4, 0.5) is 0 Å². The fourth-order valence-corrected chi connectivity index (χ4v) is 0.156. The van der Waals surface area contributed by atoms with Gasteiger partial charge in [-0.3, -0.25) is 4.79 Å². The van der Waals surface area contributed by atoms with Crippen LogP contribution in [0.25, 0.3) is 5.32 Å². The first-order chi connectivity index (χ1) is 2.77. The second-order valence-electron chi connectivity index (χ2n) is 0.941. The van der Waals surface area contributed by atoms with Crippen molar-refractivity contribution in [3.63, 3.8) is 0 Å². The Morgan fingerprint density at radius 1 is 1.86 bits per heavy atom. The fourth-order valence-electron chi connectivity index (χ4n) is 0.156. The van der Waals surface area contributed by atoms with Crippen LogP contribution in [-0.2, 0) is 4.79 Å². The van der Waals surface area contributed by atoms with Crippen LogP contribution in [0.15, 0.2) is 0 Å². The zero-order valence-electron chi connectivity index (χ0n) is 4.64. The van der Waals surface area contributed by atoms with Crippen LogP contribution in [0.2, 0.25) is 0 Å². The molecule has 7 heavy (non-hydrogen) atoms. The van der Waals surface area contributed by atoms with Crippen LogP contribution in [0.1, 0.15) is 0 Å². The zero-order valence-corrected chi connectivity index (χ0v) is 7.76. The van der Waals surface area contributed by atoms with Gasteiger partial charge in [0.15, 0.2) is 5.91 Å². The zero-order chi connectivity index (χ0) is 4.99. The van der Waals surface area contributed by atoms with Gasteiger partial charge in [-0.25, -0.2) is 0 Å². The van der Waals surface area contributed by atoms with E-state index in [0.29, 0.717) is 0 Å². The number of hydrogen-bond acceptors (Lipinski definition) is 1. The maximum absolute atomic E-state index is 9.73. The number of carbonyl (C=O) groups is 1. The van der Waals surface area contributed by atoms with Gasteiger partial charge in [0.1, 0.15) is 0 Å². The van der Waals surface area contributed by atoms with Crippen LogP contribution < -0.4 is 57.1 Å². The maximum atomic E-state index is 9.73. The normalized spacial score (nSPS) is 7.00. The molecule has 1 amide bonds. The number of nitrogens with two attached hydrogens (primary N) is 1. The molecule has 0 aliphatic carbocycles. The minimum atomic E-state index is -0.377. The third-order valence-corrected chi connectivity index (χ3v) is 0.314. The largest absolute Gasteiger partial charge is 1.00 e. The average molecular weight is 126 g/mol. The van der Waals surface area contributed by atoms with Gasteiger partial charge in [0, 0.05) is 0 Å². The molecule has 0 aromatic heterocycles. The molecule has 0 aromatic rings. The van der Waals surface area contributed by atoms with Gasteiger partial charge in [-0.05, 0) is 0 Å². The number of rotatable bonds is 2. The molecule has 0 fully saturated rings. The van der Waals surface area contributed by atoms with Gasteiger partial charge in [0.05, 0.1) is 0 Å². The number of amides is 1.